The van der Waals surface area contributed by atoms with Gasteiger partial charge in [-0.25, -0.2) is 13.4 Å². The second-order valence-electron chi connectivity index (χ2n) is 8.60. The van der Waals surface area contributed by atoms with Crippen LogP contribution in [0.3, 0.4) is 0 Å². The van der Waals surface area contributed by atoms with E-state index in [2.05, 4.69) is 21.4 Å². The van der Waals surface area contributed by atoms with E-state index in [9.17, 15) is 18.1 Å². The molecule has 10 heteroatoms. The Bertz CT molecular complexity index is 1380. The first-order valence-electron chi connectivity index (χ1n) is 11.2. The van der Waals surface area contributed by atoms with Gasteiger partial charge in [-0.3, -0.25) is 0 Å². The summed E-state index contributed by atoms with van der Waals surface area (Å²) < 4.78 is 45.0. The molecule has 0 saturated carbocycles. The van der Waals surface area contributed by atoms with Crippen molar-refractivity contribution in [2.45, 2.75) is 37.6 Å². The van der Waals surface area contributed by atoms with Gasteiger partial charge in [-0.1, -0.05) is 6.07 Å². The molecule has 2 aromatic carbocycles. The van der Waals surface area contributed by atoms with E-state index in [0.717, 1.165) is 38.4 Å². The van der Waals surface area contributed by atoms with Gasteiger partial charge in [0.05, 0.1) is 22.7 Å². The molecule has 0 aliphatic carbocycles. The highest BCUT2D eigenvalue weighted by atomic mass is 32.2. The molecule has 0 bridgehead atoms. The molecule has 1 aliphatic rings. The number of halogens is 1. The SMILES string of the molecule is Cc1cc(C#N)cc(C)c1Oc1nc(N(c2cccc(S(C)(=O)=O)c2)C2CCNCC2)ncc1F. The van der Waals surface area contributed by atoms with Crippen LogP contribution < -0.4 is 15.0 Å². The Hall–Kier alpha value is -3.55. The summed E-state index contributed by atoms with van der Waals surface area (Å²) in [6, 6.07) is 12.0. The number of nitrogens with one attached hydrogen (secondary N) is 1. The zero-order valence-corrected chi connectivity index (χ0v) is 20.6. The number of aromatic nitrogens is 2. The molecule has 1 N–H and O–H groups in total. The molecule has 35 heavy (non-hydrogen) atoms. The normalized spacial score (nSPS) is 14.4. The van der Waals surface area contributed by atoms with Crippen LogP contribution in [0, 0.1) is 31.0 Å². The van der Waals surface area contributed by atoms with Crippen LogP contribution in [0.1, 0.15) is 29.5 Å². The zero-order valence-electron chi connectivity index (χ0n) is 19.7. The Morgan fingerprint density at radius 1 is 1.17 bits per heavy atom. The molecular formula is C25H26FN5O3S. The van der Waals surface area contributed by atoms with Gasteiger partial charge >= 0.3 is 0 Å². The quantitative estimate of drug-likeness (QED) is 0.542. The van der Waals surface area contributed by atoms with Crippen LogP contribution in [0.25, 0.3) is 0 Å². The first-order valence-corrected chi connectivity index (χ1v) is 13.1. The van der Waals surface area contributed by atoms with E-state index in [4.69, 9.17) is 4.74 Å². The van der Waals surface area contributed by atoms with Crippen LogP contribution in [0.2, 0.25) is 0 Å². The predicted molar refractivity (Wildman–Crippen MR) is 130 cm³/mol. The highest BCUT2D eigenvalue weighted by Crippen LogP contribution is 2.34. The lowest BCUT2D eigenvalue weighted by molar-refractivity contribution is 0.410. The highest BCUT2D eigenvalue weighted by Gasteiger charge is 2.27. The van der Waals surface area contributed by atoms with Crippen molar-refractivity contribution in [1.29, 1.82) is 5.26 Å². The lowest BCUT2D eigenvalue weighted by atomic mass is 10.0. The minimum absolute atomic E-state index is 0.0252. The van der Waals surface area contributed by atoms with Gasteiger partial charge < -0.3 is 15.0 Å². The standard InChI is InChI=1S/C25H26FN5O3S/c1-16-11-18(14-27)12-17(2)23(16)34-24-22(26)15-29-25(30-24)31(19-7-9-28-10-8-19)20-5-4-6-21(13-20)35(3,32)33/h4-6,11-13,15,19,28H,7-10H2,1-3H3. The first-order chi connectivity index (χ1) is 16.7. The van der Waals surface area contributed by atoms with Crippen molar-refractivity contribution in [3.8, 4) is 17.7 Å². The third-order valence-corrected chi connectivity index (χ3v) is 7.01. The summed E-state index contributed by atoms with van der Waals surface area (Å²) in [5.74, 6) is -0.348. The second-order valence-corrected chi connectivity index (χ2v) is 10.6. The summed E-state index contributed by atoms with van der Waals surface area (Å²) in [7, 11) is -3.43. The fourth-order valence-corrected chi connectivity index (χ4v) is 4.88. The molecule has 0 amide bonds. The molecule has 4 rings (SSSR count). The molecule has 1 aliphatic heterocycles. The van der Waals surface area contributed by atoms with Crippen molar-refractivity contribution in [3.05, 3.63) is 65.1 Å². The van der Waals surface area contributed by atoms with Crippen LogP contribution in [-0.4, -0.2) is 43.8 Å². The van der Waals surface area contributed by atoms with Gasteiger partial charge in [0.2, 0.25) is 11.8 Å². The van der Waals surface area contributed by atoms with E-state index in [1.165, 1.54) is 6.07 Å². The number of anilines is 2. The predicted octanol–water partition coefficient (Wildman–Crippen LogP) is 4.19. The number of piperidine rings is 1. The molecule has 0 unspecified atom stereocenters. The monoisotopic (exact) mass is 495 g/mol. The van der Waals surface area contributed by atoms with Crippen molar-refractivity contribution in [1.82, 2.24) is 15.3 Å². The lowest BCUT2D eigenvalue weighted by Gasteiger charge is -2.35. The topological polar surface area (TPSA) is 108 Å². The van der Waals surface area contributed by atoms with Gasteiger partial charge in [-0.15, -0.1) is 0 Å². The number of nitrogens with zero attached hydrogens (tertiary/aromatic N) is 4. The number of aryl methyl sites for hydroxylation is 2. The second kappa shape index (κ2) is 9.98. The number of nitriles is 1. The maximum atomic E-state index is 14.8. The summed E-state index contributed by atoms with van der Waals surface area (Å²) in [6.45, 7) is 5.12. The van der Waals surface area contributed by atoms with Crippen molar-refractivity contribution in [2.75, 3.05) is 24.2 Å². The average Bonchev–Trinajstić information content (AvgIpc) is 2.83. The molecule has 1 fully saturated rings. The van der Waals surface area contributed by atoms with Gasteiger partial charge in [0.25, 0.3) is 5.88 Å². The van der Waals surface area contributed by atoms with Gasteiger partial charge in [-0.05, 0) is 81.2 Å². The molecule has 182 valence electrons. The Kier molecular flexibility index (Phi) is 7.00. The van der Waals surface area contributed by atoms with Gasteiger partial charge in [0.15, 0.2) is 9.84 Å². The minimum Gasteiger partial charge on any atom is -0.436 e. The summed E-state index contributed by atoms with van der Waals surface area (Å²) in [5.41, 5.74) is 2.44. The maximum absolute atomic E-state index is 14.8. The minimum atomic E-state index is -3.43. The maximum Gasteiger partial charge on any atom is 0.260 e. The fourth-order valence-electron chi connectivity index (χ4n) is 4.22. The Morgan fingerprint density at radius 2 is 1.86 bits per heavy atom. The van der Waals surface area contributed by atoms with Crippen LogP contribution in [-0.2, 0) is 9.84 Å². The number of hydrogen-bond acceptors (Lipinski definition) is 8. The summed E-state index contributed by atoms with van der Waals surface area (Å²) in [5, 5.41) is 12.5. The Morgan fingerprint density at radius 3 is 2.49 bits per heavy atom. The van der Waals surface area contributed by atoms with Gasteiger partial charge in [0, 0.05) is 18.0 Å². The third kappa shape index (κ3) is 5.42. The van der Waals surface area contributed by atoms with E-state index >= 15 is 0 Å². The average molecular weight is 496 g/mol. The Labute approximate surface area is 204 Å². The molecule has 8 nitrogen and oxygen atoms in total. The summed E-state index contributed by atoms with van der Waals surface area (Å²) >= 11 is 0. The van der Waals surface area contributed by atoms with Crippen molar-refractivity contribution in [2.24, 2.45) is 0 Å². The largest absolute Gasteiger partial charge is 0.436 e. The van der Waals surface area contributed by atoms with Crippen LogP contribution >= 0.6 is 0 Å². The summed E-state index contributed by atoms with van der Waals surface area (Å²) in [4.78, 5) is 10.7. The smallest absolute Gasteiger partial charge is 0.260 e. The third-order valence-electron chi connectivity index (χ3n) is 5.90. The molecule has 2 heterocycles. The number of sulfone groups is 1. The highest BCUT2D eigenvalue weighted by molar-refractivity contribution is 7.90. The van der Waals surface area contributed by atoms with Gasteiger partial charge in [0.1, 0.15) is 5.75 Å². The molecular weight excluding hydrogens is 469 g/mol. The molecule has 0 atom stereocenters. The van der Waals surface area contributed by atoms with Crippen molar-refractivity contribution in [3.63, 3.8) is 0 Å². The van der Waals surface area contributed by atoms with Crippen LogP contribution in [0.5, 0.6) is 11.6 Å². The van der Waals surface area contributed by atoms with E-state index < -0.39 is 15.7 Å². The molecule has 0 spiro atoms. The van der Waals surface area contributed by atoms with E-state index in [0.29, 0.717) is 28.1 Å². The van der Waals surface area contributed by atoms with Crippen LogP contribution in [0.15, 0.2) is 47.5 Å². The van der Waals surface area contributed by atoms with E-state index in [-0.39, 0.29) is 22.8 Å². The van der Waals surface area contributed by atoms with Crippen LogP contribution in [0.4, 0.5) is 16.0 Å². The van der Waals surface area contributed by atoms with Crippen molar-refractivity contribution < 1.29 is 17.5 Å². The molecule has 1 aromatic heterocycles. The molecule has 0 radical (unpaired) electrons. The zero-order chi connectivity index (χ0) is 25.2. The molecule has 3 aromatic rings. The lowest BCUT2D eigenvalue weighted by Crippen LogP contribution is -2.41. The summed E-state index contributed by atoms with van der Waals surface area (Å²) in [6.07, 6.45) is 3.76. The molecule has 1 saturated heterocycles. The van der Waals surface area contributed by atoms with Crippen molar-refractivity contribution >= 4 is 21.5 Å². The number of hydrogen-bond donors (Lipinski definition) is 1. The van der Waals surface area contributed by atoms with E-state index in [1.807, 2.05) is 4.90 Å². The Balaban J connectivity index is 1.78. The number of ether oxygens (including phenoxy) is 1. The first kappa shape index (κ1) is 24.6. The van der Waals surface area contributed by atoms with E-state index in [1.54, 1.807) is 44.2 Å². The fraction of sp³-hybridized carbons (Fsp3) is 0.320. The number of rotatable bonds is 6. The van der Waals surface area contributed by atoms with Gasteiger partial charge in [-0.2, -0.15) is 14.6 Å². The number of benzene rings is 2.